The number of hydrogen-bond donors (Lipinski definition) is 1. The second kappa shape index (κ2) is 5.72. The maximum Gasteiger partial charge on any atom is 0.0195 e. The summed E-state index contributed by atoms with van der Waals surface area (Å²) in [6.45, 7) is 9.39. The third kappa shape index (κ3) is 3.97. The van der Waals surface area contributed by atoms with Gasteiger partial charge >= 0.3 is 0 Å². The highest BCUT2D eigenvalue weighted by Crippen LogP contribution is 2.12. The van der Waals surface area contributed by atoms with Crippen molar-refractivity contribution in [3.8, 4) is 0 Å². The Bertz CT molecular complexity index is 150. The van der Waals surface area contributed by atoms with Crippen molar-refractivity contribution in [2.24, 2.45) is 5.92 Å². The molecule has 0 aliphatic carbocycles. The van der Waals surface area contributed by atoms with Crippen molar-refractivity contribution < 1.29 is 0 Å². The number of nitrogens with zero attached hydrogens (tertiary/aromatic N) is 1. The van der Waals surface area contributed by atoms with Crippen LogP contribution in [0.5, 0.6) is 0 Å². The lowest BCUT2D eigenvalue weighted by Crippen LogP contribution is -2.40. The van der Waals surface area contributed by atoms with Gasteiger partial charge in [-0.05, 0) is 45.7 Å². The predicted octanol–water partition coefficient (Wildman–Crippen LogP) is 2.10. The van der Waals surface area contributed by atoms with Gasteiger partial charge in [-0.3, -0.25) is 0 Å². The molecule has 0 radical (unpaired) electrons. The molecule has 14 heavy (non-hydrogen) atoms. The topological polar surface area (TPSA) is 15.3 Å². The normalized spacial score (nSPS) is 24.9. The summed E-state index contributed by atoms with van der Waals surface area (Å²) in [6, 6.07) is 1.46. The van der Waals surface area contributed by atoms with Crippen molar-refractivity contribution in [3.05, 3.63) is 0 Å². The van der Waals surface area contributed by atoms with E-state index in [0.717, 1.165) is 18.0 Å². The van der Waals surface area contributed by atoms with Crippen LogP contribution in [0, 0.1) is 5.92 Å². The van der Waals surface area contributed by atoms with Crippen molar-refractivity contribution in [1.82, 2.24) is 10.2 Å². The SMILES string of the molecule is CC(C)CC(C)N(C)CC1CCCN1. The summed E-state index contributed by atoms with van der Waals surface area (Å²) in [4.78, 5) is 2.50. The first-order valence-electron chi connectivity index (χ1n) is 6.03. The number of hydrogen-bond acceptors (Lipinski definition) is 2. The minimum Gasteiger partial charge on any atom is -0.313 e. The Balaban J connectivity index is 2.21. The Kier molecular flexibility index (Phi) is 4.90. The van der Waals surface area contributed by atoms with Crippen LogP contribution in [-0.2, 0) is 0 Å². The zero-order valence-electron chi connectivity index (χ0n) is 10.2. The highest BCUT2D eigenvalue weighted by molar-refractivity contribution is 4.78. The molecule has 1 heterocycles. The average Bonchev–Trinajstić information content (AvgIpc) is 2.55. The van der Waals surface area contributed by atoms with Gasteiger partial charge in [-0.25, -0.2) is 0 Å². The molecule has 0 aromatic carbocycles. The van der Waals surface area contributed by atoms with E-state index in [1.54, 1.807) is 0 Å². The molecule has 1 rings (SSSR count). The molecule has 2 nitrogen and oxygen atoms in total. The van der Waals surface area contributed by atoms with Gasteiger partial charge in [0.15, 0.2) is 0 Å². The number of rotatable bonds is 5. The van der Waals surface area contributed by atoms with Crippen molar-refractivity contribution in [2.75, 3.05) is 20.1 Å². The van der Waals surface area contributed by atoms with Crippen molar-refractivity contribution in [2.45, 2.75) is 52.1 Å². The Morgan fingerprint density at radius 3 is 2.57 bits per heavy atom. The fourth-order valence-corrected chi connectivity index (χ4v) is 2.30. The van der Waals surface area contributed by atoms with Crippen molar-refractivity contribution in [3.63, 3.8) is 0 Å². The molecule has 0 saturated carbocycles. The zero-order valence-corrected chi connectivity index (χ0v) is 10.2. The molecule has 0 bridgehead atoms. The van der Waals surface area contributed by atoms with Gasteiger partial charge in [-0.15, -0.1) is 0 Å². The molecule has 2 atom stereocenters. The molecular weight excluding hydrogens is 172 g/mol. The van der Waals surface area contributed by atoms with Gasteiger partial charge in [0.25, 0.3) is 0 Å². The summed E-state index contributed by atoms with van der Waals surface area (Å²) in [5.41, 5.74) is 0. The molecule has 2 unspecified atom stereocenters. The lowest BCUT2D eigenvalue weighted by atomic mass is 10.0. The summed E-state index contributed by atoms with van der Waals surface area (Å²) in [7, 11) is 2.26. The smallest absolute Gasteiger partial charge is 0.0195 e. The average molecular weight is 198 g/mol. The first-order valence-corrected chi connectivity index (χ1v) is 6.03. The van der Waals surface area contributed by atoms with Gasteiger partial charge in [0.2, 0.25) is 0 Å². The van der Waals surface area contributed by atoms with Gasteiger partial charge in [0.1, 0.15) is 0 Å². The molecule has 1 N–H and O–H groups in total. The first-order chi connectivity index (χ1) is 6.59. The minimum absolute atomic E-state index is 0.720. The lowest BCUT2D eigenvalue weighted by Gasteiger charge is -2.28. The number of nitrogens with one attached hydrogen (secondary N) is 1. The van der Waals surface area contributed by atoms with Crippen LogP contribution < -0.4 is 5.32 Å². The highest BCUT2D eigenvalue weighted by Gasteiger charge is 2.18. The van der Waals surface area contributed by atoms with Crippen LogP contribution in [0.1, 0.15) is 40.0 Å². The monoisotopic (exact) mass is 198 g/mol. The van der Waals surface area contributed by atoms with Gasteiger partial charge in [0.05, 0.1) is 0 Å². The Morgan fingerprint density at radius 1 is 1.36 bits per heavy atom. The standard InChI is InChI=1S/C12H26N2/c1-10(2)8-11(3)14(4)9-12-6-5-7-13-12/h10-13H,5-9H2,1-4H3. The zero-order chi connectivity index (χ0) is 10.6. The second-order valence-electron chi connectivity index (χ2n) is 5.21. The molecule has 1 fully saturated rings. The quantitative estimate of drug-likeness (QED) is 0.728. The van der Waals surface area contributed by atoms with Crippen LogP contribution in [0.15, 0.2) is 0 Å². The van der Waals surface area contributed by atoms with Crippen LogP contribution in [-0.4, -0.2) is 37.1 Å². The maximum absolute atomic E-state index is 3.55. The summed E-state index contributed by atoms with van der Waals surface area (Å²) in [5, 5.41) is 3.55. The van der Waals surface area contributed by atoms with Gasteiger partial charge in [0, 0.05) is 18.6 Å². The fraction of sp³-hybridized carbons (Fsp3) is 1.00. The summed E-state index contributed by atoms with van der Waals surface area (Å²) < 4.78 is 0. The van der Waals surface area contributed by atoms with Crippen molar-refractivity contribution >= 4 is 0 Å². The van der Waals surface area contributed by atoms with Crippen LogP contribution >= 0.6 is 0 Å². The highest BCUT2D eigenvalue weighted by atomic mass is 15.2. The van der Waals surface area contributed by atoms with E-state index in [2.05, 4.69) is 38.0 Å². The van der Waals surface area contributed by atoms with Crippen LogP contribution in [0.4, 0.5) is 0 Å². The molecule has 0 amide bonds. The lowest BCUT2D eigenvalue weighted by molar-refractivity contribution is 0.210. The van der Waals surface area contributed by atoms with E-state index in [1.807, 2.05) is 0 Å². The minimum atomic E-state index is 0.720. The molecule has 1 aliphatic rings. The van der Waals surface area contributed by atoms with E-state index in [9.17, 15) is 0 Å². The van der Waals surface area contributed by atoms with Gasteiger partial charge < -0.3 is 10.2 Å². The van der Waals surface area contributed by atoms with E-state index in [-0.39, 0.29) is 0 Å². The van der Waals surface area contributed by atoms with E-state index in [0.29, 0.717) is 0 Å². The Labute approximate surface area is 89.1 Å². The molecule has 2 heteroatoms. The molecule has 1 aliphatic heterocycles. The molecule has 84 valence electrons. The fourth-order valence-electron chi connectivity index (χ4n) is 2.30. The summed E-state index contributed by atoms with van der Waals surface area (Å²) >= 11 is 0. The second-order valence-corrected chi connectivity index (χ2v) is 5.21. The third-order valence-corrected chi connectivity index (χ3v) is 3.24. The van der Waals surface area contributed by atoms with Gasteiger partial charge in [-0.2, -0.15) is 0 Å². The Morgan fingerprint density at radius 2 is 2.07 bits per heavy atom. The van der Waals surface area contributed by atoms with Crippen LogP contribution in [0.25, 0.3) is 0 Å². The summed E-state index contributed by atoms with van der Waals surface area (Å²) in [5.74, 6) is 0.809. The predicted molar refractivity (Wildman–Crippen MR) is 62.6 cm³/mol. The van der Waals surface area contributed by atoms with E-state index < -0.39 is 0 Å². The number of likely N-dealkylation sites (N-methyl/N-ethyl adjacent to an activating group) is 1. The van der Waals surface area contributed by atoms with E-state index in [4.69, 9.17) is 0 Å². The van der Waals surface area contributed by atoms with E-state index in [1.165, 1.54) is 32.4 Å². The van der Waals surface area contributed by atoms with Crippen LogP contribution in [0.2, 0.25) is 0 Å². The van der Waals surface area contributed by atoms with Gasteiger partial charge in [-0.1, -0.05) is 13.8 Å². The van der Waals surface area contributed by atoms with E-state index >= 15 is 0 Å². The molecule has 0 aromatic heterocycles. The first kappa shape index (κ1) is 12.0. The van der Waals surface area contributed by atoms with Crippen LogP contribution in [0.3, 0.4) is 0 Å². The largest absolute Gasteiger partial charge is 0.313 e. The van der Waals surface area contributed by atoms with Crippen molar-refractivity contribution in [1.29, 1.82) is 0 Å². The molecule has 0 spiro atoms. The molecule has 1 saturated heterocycles. The molecule has 0 aromatic rings. The Hall–Kier alpha value is -0.0800. The third-order valence-electron chi connectivity index (χ3n) is 3.24. The summed E-state index contributed by atoms with van der Waals surface area (Å²) in [6.07, 6.45) is 4.03. The maximum atomic E-state index is 3.55. The molecular formula is C12H26N2.